The average molecular weight is 355 g/mol. The SMILES string of the molecule is O=C(c1cccc(Br)c1F)N1CCNCC12CCCCC2. The molecule has 1 saturated carbocycles. The summed E-state index contributed by atoms with van der Waals surface area (Å²) in [6.45, 7) is 2.27. The van der Waals surface area contributed by atoms with E-state index in [4.69, 9.17) is 0 Å². The summed E-state index contributed by atoms with van der Waals surface area (Å²) >= 11 is 3.17. The van der Waals surface area contributed by atoms with Crippen molar-refractivity contribution in [2.45, 2.75) is 37.6 Å². The van der Waals surface area contributed by atoms with E-state index < -0.39 is 5.82 Å². The third-order valence-electron chi connectivity index (χ3n) is 4.75. The van der Waals surface area contributed by atoms with E-state index in [9.17, 15) is 9.18 Å². The number of rotatable bonds is 1. The van der Waals surface area contributed by atoms with Crippen LogP contribution in [0, 0.1) is 5.82 Å². The molecule has 1 saturated heterocycles. The Hall–Kier alpha value is -0.940. The molecule has 1 N–H and O–H groups in total. The number of halogens is 2. The van der Waals surface area contributed by atoms with Crippen LogP contribution in [0.25, 0.3) is 0 Å². The number of piperazine rings is 1. The van der Waals surface area contributed by atoms with Crippen molar-refractivity contribution in [3.63, 3.8) is 0 Å². The first-order valence-corrected chi connectivity index (χ1v) is 8.40. The van der Waals surface area contributed by atoms with Gasteiger partial charge in [0, 0.05) is 19.6 Å². The molecular formula is C16H20BrFN2O. The summed E-state index contributed by atoms with van der Waals surface area (Å²) in [5.41, 5.74) is 0.0544. The maximum atomic E-state index is 14.3. The van der Waals surface area contributed by atoms with E-state index in [1.54, 1.807) is 18.2 Å². The van der Waals surface area contributed by atoms with Gasteiger partial charge in [-0.15, -0.1) is 0 Å². The van der Waals surface area contributed by atoms with Gasteiger partial charge in [0.1, 0.15) is 5.82 Å². The Balaban J connectivity index is 1.92. The summed E-state index contributed by atoms with van der Waals surface area (Å²) in [5, 5.41) is 3.41. The standard InChI is InChI=1S/C16H20BrFN2O/c17-13-6-4-5-12(14(13)18)15(21)20-10-9-19-11-16(20)7-2-1-3-8-16/h4-6,19H,1-3,7-11H2. The van der Waals surface area contributed by atoms with Crippen molar-refractivity contribution in [2.24, 2.45) is 0 Å². The Morgan fingerprint density at radius 1 is 1.29 bits per heavy atom. The molecule has 2 aliphatic rings. The van der Waals surface area contributed by atoms with Crippen molar-refractivity contribution in [3.8, 4) is 0 Å². The van der Waals surface area contributed by atoms with E-state index in [1.807, 2.05) is 4.90 Å². The molecule has 3 nitrogen and oxygen atoms in total. The van der Waals surface area contributed by atoms with Crippen LogP contribution in [0.5, 0.6) is 0 Å². The van der Waals surface area contributed by atoms with E-state index >= 15 is 0 Å². The molecule has 0 aromatic heterocycles. The fraction of sp³-hybridized carbons (Fsp3) is 0.562. The van der Waals surface area contributed by atoms with Crippen molar-refractivity contribution in [2.75, 3.05) is 19.6 Å². The van der Waals surface area contributed by atoms with Gasteiger partial charge in [0.05, 0.1) is 15.6 Å². The lowest BCUT2D eigenvalue weighted by Gasteiger charge is -2.49. The highest BCUT2D eigenvalue weighted by Gasteiger charge is 2.42. The predicted molar refractivity (Wildman–Crippen MR) is 83.8 cm³/mol. The molecule has 0 bridgehead atoms. The first kappa shape index (κ1) is 15.0. The van der Waals surface area contributed by atoms with Gasteiger partial charge in [0.25, 0.3) is 5.91 Å². The Kier molecular flexibility index (Phi) is 4.31. The molecule has 0 atom stereocenters. The van der Waals surface area contributed by atoms with Gasteiger partial charge in [-0.05, 0) is 40.9 Å². The topological polar surface area (TPSA) is 32.3 Å². The van der Waals surface area contributed by atoms with Crippen LogP contribution >= 0.6 is 15.9 Å². The van der Waals surface area contributed by atoms with Gasteiger partial charge in [-0.3, -0.25) is 4.79 Å². The maximum Gasteiger partial charge on any atom is 0.257 e. The zero-order chi connectivity index (χ0) is 14.9. The number of hydrogen-bond acceptors (Lipinski definition) is 2. The number of nitrogens with one attached hydrogen (secondary N) is 1. The van der Waals surface area contributed by atoms with Crippen LogP contribution in [-0.4, -0.2) is 36.0 Å². The number of amides is 1. The van der Waals surface area contributed by atoms with Crippen molar-refractivity contribution >= 4 is 21.8 Å². The Morgan fingerprint density at radius 2 is 2.05 bits per heavy atom. The molecule has 1 aliphatic heterocycles. The van der Waals surface area contributed by atoms with Gasteiger partial charge in [0.2, 0.25) is 0 Å². The second kappa shape index (κ2) is 6.05. The van der Waals surface area contributed by atoms with Gasteiger partial charge < -0.3 is 10.2 Å². The molecule has 5 heteroatoms. The molecule has 114 valence electrons. The van der Waals surface area contributed by atoms with Gasteiger partial charge in [-0.1, -0.05) is 25.3 Å². The smallest absolute Gasteiger partial charge is 0.257 e. The third kappa shape index (κ3) is 2.73. The van der Waals surface area contributed by atoms with Crippen molar-refractivity contribution in [1.29, 1.82) is 0 Å². The molecule has 0 unspecified atom stereocenters. The average Bonchev–Trinajstić information content (AvgIpc) is 2.51. The van der Waals surface area contributed by atoms with Gasteiger partial charge >= 0.3 is 0 Å². The van der Waals surface area contributed by atoms with Crippen LogP contribution in [0.1, 0.15) is 42.5 Å². The third-order valence-corrected chi connectivity index (χ3v) is 5.36. The Morgan fingerprint density at radius 3 is 2.81 bits per heavy atom. The number of nitrogens with zero attached hydrogens (tertiary/aromatic N) is 1. The van der Waals surface area contributed by atoms with Crippen LogP contribution < -0.4 is 5.32 Å². The van der Waals surface area contributed by atoms with Crippen LogP contribution in [0.2, 0.25) is 0 Å². The molecular weight excluding hydrogens is 335 g/mol. The quantitative estimate of drug-likeness (QED) is 0.838. The molecule has 1 aromatic rings. The Labute approximate surface area is 133 Å². The molecule has 1 aromatic carbocycles. The fourth-order valence-corrected chi connectivity index (χ4v) is 4.00. The molecule has 1 spiro atoms. The first-order valence-electron chi connectivity index (χ1n) is 7.61. The monoisotopic (exact) mass is 354 g/mol. The van der Waals surface area contributed by atoms with E-state index in [2.05, 4.69) is 21.2 Å². The zero-order valence-corrected chi connectivity index (χ0v) is 13.6. The minimum atomic E-state index is -0.452. The minimum Gasteiger partial charge on any atom is -0.330 e. The van der Waals surface area contributed by atoms with Crippen molar-refractivity contribution in [1.82, 2.24) is 10.2 Å². The molecule has 1 aliphatic carbocycles. The number of benzene rings is 1. The number of carbonyl (C=O) groups is 1. The molecule has 1 heterocycles. The normalized spacial score (nSPS) is 21.5. The largest absolute Gasteiger partial charge is 0.330 e. The van der Waals surface area contributed by atoms with E-state index in [0.717, 1.165) is 38.8 Å². The highest BCUT2D eigenvalue weighted by atomic mass is 79.9. The highest BCUT2D eigenvalue weighted by molar-refractivity contribution is 9.10. The summed E-state index contributed by atoms with van der Waals surface area (Å²) < 4.78 is 14.6. The lowest BCUT2D eigenvalue weighted by molar-refractivity contribution is 0.0218. The summed E-state index contributed by atoms with van der Waals surface area (Å²) in [6, 6.07) is 4.93. The van der Waals surface area contributed by atoms with Crippen LogP contribution in [0.4, 0.5) is 4.39 Å². The van der Waals surface area contributed by atoms with Crippen molar-refractivity contribution in [3.05, 3.63) is 34.1 Å². The summed E-state index contributed by atoms with van der Waals surface area (Å²) in [5.74, 6) is -0.621. The molecule has 3 rings (SSSR count). The van der Waals surface area contributed by atoms with Gasteiger partial charge in [-0.2, -0.15) is 0 Å². The van der Waals surface area contributed by atoms with Crippen LogP contribution in [-0.2, 0) is 0 Å². The molecule has 2 fully saturated rings. The highest BCUT2D eigenvalue weighted by Crippen LogP contribution is 2.36. The van der Waals surface area contributed by atoms with E-state index in [0.29, 0.717) is 11.0 Å². The predicted octanol–water partition coefficient (Wildman–Crippen LogP) is 3.34. The van der Waals surface area contributed by atoms with Crippen LogP contribution in [0.3, 0.4) is 0 Å². The number of carbonyl (C=O) groups excluding carboxylic acids is 1. The lowest BCUT2D eigenvalue weighted by atomic mass is 9.78. The molecule has 1 amide bonds. The van der Waals surface area contributed by atoms with E-state index in [1.165, 1.54) is 6.42 Å². The lowest BCUT2D eigenvalue weighted by Crippen LogP contribution is -2.63. The second-order valence-electron chi connectivity index (χ2n) is 6.02. The first-order chi connectivity index (χ1) is 10.1. The molecule has 0 radical (unpaired) electrons. The maximum absolute atomic E-state index is 14.3. The minimum absolute atomic E-state index is 0.123. The summed E-state index contributed by atoms with van der Waals surface area (Å²) in [6.07, 6.45) is 5.55. The number of hydrogen-bond donors (Lipinski definition) is 1. The van der Waals surface area contributed by atoms with Crippen molar-refractivity contribution < 1.29 is 9.18 Å². The molecule has 21 heavy (non-hydrogen) atoms. The van der Waals surface area contributed by atoms with Gasteiger partial charge in [0.15, 0.2) is 0 Å². The zero-order valence-electron chi connectivity index (χ0n) is 12.0. The summed E-state index contributed by atoms with van der Waals surface area (Å²) in [4.78, 5) is 14.8. The Bertz CT molecular complexity index is 535. The second-order valence-corrected chi connectivity index (χ2v) is 6.87. The van der Waals surface area contributed by atoms with Crippen LogP contribution in [0.15, 0.2) is 22.7 Å². The van der Waals surface area contributed by atoms with E-state index in [-0.39, 0.29) is 17.0 Å². The summed E-state index contributed by atoms with van der Waals surface area (Å²) in [7, 11) is 0. The van der Waals surface area contributed by atoms with Gasteiger partial charge in [-0.25, -0.2) is 4.39 Å². The fourth-order valence-electron chi connectivity index (χ4n) is 3.63.